The lowest BCUT2D eigenvalue weighted by Gasteiger charge is -2.26. The molecular weight excluding hydrogens is 438 g/mol. The fraction of sp³-hybridized carbons (Fsp3) is 0.269. The molecule has 0 radical (unpaired) electrons. The van der Waals surface area contributed by atoms with Crippen LogP contribution in [0.2, 0.25) is 0 Å². The van der Waals surface area contributed by atoms with E-state index in [4.69, 9.17) is 14.7 Å². The highest BCUT2D eigenvalue weighted by Crippen LogP contribution is 2.32. The maximum Gasteiger partial charge on any atom is 0.339 e. The Balaban J connectivity index is 1.85. The normalized spacial score (nSPS) is 13.2. The highest BCUT2D eigenvalue weighted by molar-refractivity contribution is 7.87. The predicted molar refractivity (Wildman–Crippen MR) is 127 cm³/mol. The van der Waals surface area contributed by atoms with E-state index in [1.54, 1.807) is 24.3 Å². The van der Waals surface area contributed by atoms with Gasteiger partial charge < -0.3 is 14.7 Å². The average molecular weight is 468 g/mol. The number of hydrogen-bond donors (Lipinski definition) is 1. The molecule has 0 aliphatic heterocycles. The highest BCUT2D eigenvalue weighted by Gasteiger charge is 2.26. The van der Waals surface area contributed by atoms with Crippen LogP contribution in [0, 0.1) is 12.8 Å². The van der Waals surface area contributed by atoms with Crippen molar-refractivity contribution in [2.45, 2.75) is 30.6 Å². The number of aryl methyl sites for hydroxylation is 1. The maximum atomic E-state index is 12.6. The van der Waals surface area contributed by atoms with Gasteiger partial charge >= 0.3 is 16.1 Å². The standard InChI is InChI=1S/C26H29NO5S/c1-19-8-14-24(15-9-19)33(29,30)32-23-12-10-21(11-13-23)25(16-20-6-4-3-5-7-20)22(18-27)17-26(28)31-2/h3-15,22,25H,16-18,27H2,1-2H3. The van der Waals surface area contributed by atoms with Gasteiger partial charge in [-0.3, -0.25) is 4.79 Å². The van der Waals surface area contributed by atoms with Gasteiger partial charge in [-0.1, -0.05) is 60.2 Å². The van der Waals surface area contributed by atoms with Crippen molar-refractivity contribution in [1.29, 1.82) is 0 Å². The Bertz CT molecular complexity index is 1140. The van der Waals surface area contributed by atoms with Gasteiger partial charge in [0.05, 0.1) is 13.5 Å². The number of ether oxygens (including phenoxy) is 1. The smallest absolute Gasteiger partial charge is 0.339 e. The molecule has 33 heavy (non-hydrogen) atoms. The van der Waals surface area contributed by atoms with Crippen molar-refractivity contribution < 1.29 is 22.1 Å². The number of benzene rings is 3. The summed E-state index contributed by atoms with van der Waals surface area (Å²) in [6, 6.07) is 23.4. The molecule has 0 fully saturated rings. The van der Waals surface area contributed by atoms with Crippen LogP contribution in [-0.4, -0.2) is 28.0 Å². The Morgan fingerprint density at radius 2 is 1.58 bits per heavy atom. The van der Waals surface area contributed by atoms with Crippen molar-refractivity contribution in [1.82, 2.24) is 0 Å². The Hall–Kier alpha value is -3.16. The number of hydrogen-bond acceptors (Lipinski definition) is 6. The van der Waals surface area contributed by atoms with Crippen LogP contribution in [0.5, 0.6) is 5.75 Å². The number of carbonyl (C=O) groups excluding carboxylic acids is 1. The van der Waals surface area contributed by atoms with E-state index in [0.717, 1.165) is 16.7 Å². The maximum absolute atomic E-state index is 12.6. The first-order chi connectivity index (χ1) is 15.8. The van der Waals surface area contributed by atoms with Crippen LogP contribution in [0.1, 0.15) is 29.0 Å². The third-order valence-corrected chi connectivity index (χ3v) is 6.91. The molecule has 3 rings (SSSR count). The van der Waals surface area contributed by atoms with Crippen LogP contribution in [-0.2, 0) is 26.1 Å². The Labute approximate surface area is 195 Å². The molecule has 0 spiro atoms. The summed E-state index contributed by atoms with van der Waals surface area (Å²) in [5.41, 5.74) is 9.07. The first kappa shape index (κ1) is 24.5. The van der Waals surface area contributed by atoms with E-state index >= 15 is 0 Å². The van der Waals surface area contributed by atoms with E-state index in [9.17, 15) is 13.2 Å². The molecular formula is C26H29NO5S. The molecule has 3 aromatic rings. The molecule has 0 aromatic heterocycles. The van der Waals surface area contributed by atoms with Crippen LogP contribution in [0.3, 0.4) is 0 Å². The van der Waals surface area contributed by atoms with Gasteiger partial charge in [-0.05, 0) is 67.1 Å². The van der Waals surface area contributed by atoms with Crippen LogP contribution < -0.4 is 9.92 Å². The van der Waals surface area contributed by atoms with Gasteiger partial charge in [-0.15, -0.1) is 0 Å². The lowest BCUT2D eigenvalue weighted by molar-refractivity contribution is -0.141. The van der Waals surface area contributed by atoms with Gasteiger partial charge in [0, 0.05) is 0 Å². The van der Waals surface area contributed by atoms with Crippen LogP contribution in [0.4, 0.5) is 0 Å². The topological polar surface area (TPSA) is 95.7 Å². The third kappa shape index (κ3) is 6.66. The zero-order valence-electron chi connectivity index (χ0n) is 18.8. The zero-order valence-corrected chi connectivity index (χ0v) is 19.6. The molecule has 6 nitrogen and oxygen atoms in total. The number of carbonyl (C=O) groups is 1. The molecule has 0 heterocycles. The van der Waals surface area contributed by atoms with E-state index in [0.29, 0.717) is 13.0 Å². The van der Waals surface area contributed by atoms with Crippen molar-refractivity contribution in [3.8, 4) is 5.75 Å². The first-order valence-corrected chi connectivity index (χ1v) is 12.1. The molecule has 174 valence electrons. The quantitative estimate of drug-likeness (QED) is 0.354. The molecule has 0 amide bonds. The van der Waals surface area contributed by atoms with Crippen LogP contribution >= 0.6 is 0 Å². The lowest BCUT2D eigenvalue weighted by atomic mass is 9.80. The minimum Gasteiger partial charge on any atom is -0.469 e. The van der Waals surface area contributed by atoms with Crippen LogP contribution in [0.15, 0.2) is 83.8 Å². The first-order valence-electron chi connectivity index (χ1n) is 10.7. The number of rotatable bonds is 10. The van der Waals surface area contributed by atoms with Gasteiger partial charge in [0.1, 0.15) is 10.6 Å². The van der Waals surface area contributed by atoms with Crippen molar-refractivity contribution in [3.63, 3.8) is 0 Å². The minimum atomic E-state index is -3.93. The second-order valence-corrected chi connectivity index (χ2v) is 9.54. The second kappa shape index (κ2) is 11.1. The Morgan fingerprint density at radius 3 is 2.15 bits per heavy atom. The largest absolute Gasteiger partial charge is 0.469 e. The summed E-state index contributed by atoms with van der Waals surface area (Å²) in [6.45, 7) is 2.20. The third-order valence-electron chi connectivity index (χ3n) is 5.65. The van der Waals surface area contributed by atoms with Gasteiger partial charge in [-0.2, -0.15) is 8.42 Å². The van der Waals surface area contributed by atoms with E-state index in [1.807, 2.05) is 49.4 Å². The summed E-state index contributed by atoms with van der Waals surface area (Å²) >= 11 is 0. The molecule has 7 heteroatoms. The molecule has 0 saturated carbocycles. The Morgan fingerprint density at radius 1 is 0.939 bits per heavy atom. The number of nitrogens with two attached hydrogens (primary N) is 1. The summed E-state index contributed by atoms with van der Waals surface area (Å²) in [7, 11) is -2.57. The van der Waals surface area contributed by atoms with Crippen molar-refractivity contribution in [2.75, 3.05) is 13.7 Å². The van der Waals surface area contributed by atoms with Crippen molar-refractivity contribution in [2.24, 2.45) is 11.7 Å². The van der Waals surface area contributed by atoms with E-state index < -0.39 is 10.1 Å². The highest BCUT2D eigenvalue weighted by atomic mass is 32.2. The van der Waals surface area contributed by atoms with E-state index in [1.165, 1.54) is 19.2 Å². The monoisotopic (exact) mass is 467 g/mol. The average Bonchev–Trinajstić information content (AvgIpc) is 2.82. The van der Waals surface area contributed by atoms with Crippen molar-refractivity contribution in [3.05, 3.63) is 95.6 Å². The van der Waals surface area contributed by atoms with E-state index in [2.05, 4.69) is 0 Å². The van der Waals surface area contributed by atoms with Gasteiger partial charge in [0.25, 0.3) is 0 Å². The summed E-state index contributed by atoms with van der Waals surface area (Å²) in [6.07, 6.45) is 0.881. The zero-order chi connectivity index (χ0) is 23.8. The van der Waals surface area contributed by atoms with Gasteiger partial charge in [-0.25, -0.2) is 0 Å². The molecule has 2 atom stereocenters. The molecule has 0 aliphatic carbocycles. The van der Waals surface area contributed by atoms with Gasteiger partial charge in [0.15, 0.2) is 0 Å². The molecule has 2 N–H and O–H groups in total. The summed E-state index contributed by atoms with van der Waals surface area (Å²) in [4.78, 5) is 12.1. The minimum absolute atomic E-state index is 0.0562. The molecule has 3 aromatic carbocycles. The van der Waals surface area contributed by atoms with Crippen molar-refractivity contribution >= 4 is 16.1 Å². The summed E-state index contributed by atoms with van der Waals surface area (Å²) in [5.74, 6) is -0.289. The second-order valence-electron chi connectivity index (χ2n) is 7.99. The fourth-order valence-corrected chi connectivity index (χ4v) is 4.69. The summed E-state index contributed by atoms with van der Waals surface area (Å²) < 4.78 is 35.4. The lowest BCUT2D eigenvalue weighted by Crippen LogP contribution is -2.27. The molecule has 0 saturated heterocycles. The molecule has 2 unspecified atom stereocenters. The summed E-state index contributed by atoms with van der Waals surface area (Å²) in [5, 5.41) is 0. The van der Waals surface area contributed by atoms with E-state index in [-0.39, 0.29) is 34.9 Å². The SMILES string of the molecule is COC(=O)CC(CN)C(Cc1ccccc1)c1ccc(OS(=O)(=O)c2ccc(C)cc2)cc1. The Kier molecular flexibility index (Phi) is 8.25. The van der Waals surface area contributed by atoms with Crippen LogP contribution in [0.25, 0.3) is 0 Å². The molecule has 0 aliphatic rings. The number of esters is 1. The van der Waals surface area contributed by atoms with Gasteiger partial charge in [0.2, 0.25) is 0 Å². The molecule has 0 bridgehead atoms. The predicted octanol–water partition coefficient (Wildman–Crippen LogP) is 4.23. The fourth-order valence-electron chi connectivity index (χ4n) is 3.76. The number of methoxy groups -OCH3 is 1.